The number of piperidine rings is 1. The first-order chi connectivity index (χ1) is 13.4. The van der Waals surface area contributed by atoms with E-state index in [1.807, 2.05) is 4.90 Å². The highest BCUT2D eigenvalue weighted by molar-refractivity contribution is 5.96. The van der Waals surface area contributed by atoms with E-state index in [0.717, 1.165) is 6.07 Å². The molecule has 158 valence electrons. The van der Waals surface area contributed by atoms with Crippen molar-refractivity contribution in [3.05, 3.63) is 41.2 Å². The second kappa shape index (κ2) is 7.33. The molecule has 0 spiro atoms. The molecule has 0 aromatic heterocycles. The van der Waals surface area contributed by atoms with Gasteiger partial charge in [0.15, 0.2) is 0 Å². The maximum atomic E-state index is 13.5. The van der Waals surface area contributed by atoms with Crippen molar-refractivity contribution in [2.45, 2.75) is 49.5 Å². The van der Waals surface area contributed by atoms with E-state index in [4.69, 9.17) is 9.84 Å². The molecule has 6 nitrogen and oxygen atoms in total. The topological polar surface area (TPSA) is 87.1 Å². The van der Waals surface area contributed by atoms with E-state index >= 15 is 0 Å². The van der Waals surface area contributed by atoms with Gasteiger partial charge in [-0.05, 0) is 44.5 Å². The molecule has 2 aliphatic rings. The minimum Gasteiger partial charge on any atom is -0.490 e. The lowest BCUT2D eigenvalue weighted by molar-refractivity contribution is -0.140. The first-order valence-corrected chi connectivity index (χ1v) is 8.89. The van der Waals surface area contributed by atoms with Crippen LogP contribution in [0.4, 0.5) is 17.6 Å². The number of carboxylic acid groups (broad SMARTS) is 2. The summed E-state index contributed by atoms with van der Waals surface area (Å²) >= 11 is 0. The number of likely N-dealkylation sites (N-methyl/N-ethyl adjacent to an activating group) is 1. The zero-order chi connectivity index (χ0) is 21.6. The smallest absolute Gasteiger partial charge is 0.419 e. The van der Waals surface area contributed by atoms with Crippen LogP contribution in [0.5, 0.6) is 5.75 Å². The highest BCUT2D eigenvalue weighted by atomic mass is 19.4. The normalized spacial score (nSPS) is 27.7. The van der Waals surface area contributed by atoms with Crippen LogP contribution in [0.3, 0.4) is 0 Å². The summed E-state index contributed by atoms with van der Waals surface area (Å²) in [5, 5.41) is 18.6. The average molecular weight is 417 g/mol. The molecule has 0 aliphatic carbocycles. The largest absolute Gasteiger partial charge is 0.490 e. The number of nitrogens with zero attached hydrogens (tertiary/aromatic N) is 1. The molecule has 2 heterocycles. The molecule has 2 saturated heterocycles. The number of ether oxygens (including phenoxy) is 1. The molecule has 10 heteroatoms. The standard InChI is InChI=1S/C19H19F4NO5/c1-24-10-4-5-18(24,14(17(27)28)8-16(25)26)9-12(6-10)29-11-2-3-15(20)13(7-11)19(21,22)23/h2-3,7-8,10,12H,4-6,9H2,1H3,(H,25,26)(H,27,28)/b14-8-. The number of halogens is 4. The van der Waals surface area contributed by atoms with Crippen LogP contribution in [0.15, 0.2) is 29.8 Å². The molecule has 2 fully saturated rings. The molecule has 1 aromatic rings. The Morgan fingerprint density at radius 2 is 2.00 bits per heavy atom. The van der Waals surface area contributed by atoms with E-state index in [-0.39, 0.29) is 23.8 Å². The van der Waals surface area contributed by atoms with Crippen molar-refractivity contribution >= 4 is 11.9 Å². The summed E-state index contributed by atoms with van der Waals surface area (Å²) in [4.78, 5) is 24.7. The maximum Gasteiger partial charge on any atom is 0.419 e. The summed E-state index contributed by atoms with van der Waals surface area (Å²) < 4.78 is 58.0. The van der Waals surface area contributed by atoms with Gasteiger partial charge in [-0.15, -0.1) is 0 Å². The number of alkyl halides is 3. The molecule has 29 heavy (non-hydrogen) atoms. The molecule has 0 radical (unpaired) electrons. The van der Waals surface area contributed by atoms with Gasteiger partial charge < -0.3 is 14.9 Å². The third-order valence-electron chi connectivity index (χ3n) is 5.76. The number of benzene rings is 1. The first kappa shape index (κ1) is 21.1. The van der Waals surface area contributed by atoms with Crippen LogP contribution < -0.4 is 4.74 Å². The molecule has 0 saturated carbocycles. The van der Waals surface area contributed by atoms with Crippen LogP contribution in [0.2, 0.25) is 0 Å². The number of carboxylic acids is 2. The lowest BCUT2D eigenvalue weighted by atomic mass is 9.80. The van der Waals surface area contributed by atoms with Crippen molar-refractivity contribution in [2.75, 3.05) is 7.05 Å². The van der Waals surface area contributed by atoms with Crippen LogP contribution >= 0.6 is 0 Å². The van der Waals surface area contributed by atoms with Crippen LogP contribution in [0, 0.1) is 5.82 Å². The van der Waals surface area contributed by atoms with Gasteiger partial charge in [0.2, 0.25) is 0 Å². The molecule has 3 atom stereocenters. The molecule has 0 amide bonds. The van der Waals surface area contributed by atoms with Gasteiger partial charge >= 0.3 is 18.1 Å². The number of aliphatic carboxylic acids is 2. The fraction of sp³-hybridized carbons (Fsp3) is 0.474. The number of hydrogen-bond donors (Lipinski definition) is 2. The molecule has 2 aliphatic heterocycles. The Hall–Kier alpha value is -2.62. The maximum absolute atomic E-state index is 13.5. The van der Waals surface area contributed by atoms with Crippen molar-refractivity contribution in [2.24, 2.45) is 0 Å². The Bertz CT molecular complexity index is 869. The SMILES string of the molecule is CN1C2CCC1(/C(=C\C(=O)O)C(=O)O)CC(Oc1ccc(F)c(C(F)(F)F)c1)C2. The predicted octanol–water partition coefficient (Wildman–Crippen LogP) is 3.31. The molecule has 3 rings (SSSR count). The summed E-state index contributed by atoms with van der Waals surface area (Å²) in [5.41, 5.74) is -2.85. The third-order valence-corrected chi connectivity index (χ3v) is 5.76. The van der Waals surface area contributed by atoms with Crippen LogP contribution in [0.1, 0.15) is 31.2 Å². The fourth-order valence-corrected chi connectivity index (χ4v) is 4.44. The second-order valence-electron chi connectivity index (χ2n) is 7.36. The molecule has 1 aromatic carbocycles. The zero-order valence-corrected chi connectivity index (χ0v) is 15.4. The minimum absolute atomic E-state index is 0.0874. The molecule has 3 unspecified atom stereocenters. The highest BCUT2D eigenvalue weighted by Crippen LogP contribution is 2.48. The summed E-state index contributed by atoms with van der Waals surface area (Å²) in [6, 6.07) is 2.22. The Balaban J connectivity index is 1.91. The van der Waals surface area contributed by atoms with E-state index in [1.165, 1.54) is 0 Å². The fourth-order valence-electron chi connectivity index (χ4n) is 4.44. The van der Waals surface area contributed by atoms with Gasteiger partial charge in [-0.2, -0.15) is 13.2 Å². The number of fused-ring (bicyclic) bond motifs is 2. The van der Waals surface area contributed by atoms with Crippen molar-refractivity contribution in [3.63, 3.8) is 0 Å². The first-order valence-electron chi connectivity index (χ1n) is 8.89. The number of hydrogen-bond acceptors (Lipinski definition) is 4. The minimum atomic E-state index is -4.88. The molecular formula is C19H19F4NO5. The van der Waals surface area contributed by atoms with E-state index < -0.39 is 41.1 Å². The Morgan fingerprint density at radius 1 is 1.31 bits per heavy atom. The van der Waals surface area contributed by atoms with Gasteiger partial charge in [0.1, 0.15) is 17.7 Å². The second-order valence-corrected chi connectivity index (χ2v) is 7.36. The Labute approximate surface area is 163 Å². The van der Waals surface area contributed by atoms with E-state index in [0.29, 0.717) is 37.5 Å². The lowest BCUT2D eigenvalue weighted by Gasteiger charge is -2.46. The van der Waals surface area contributed by atoms with Gasteiger partial charge in [-0.25, -0.2) is 14.0 Å². The number of rotatable bonds is 5. The quantitative estimate of drug-likeness (QED) is 0.565. The van der Waals surface area contributed by atoms with Crippen LogP contribution in [-0.2, 0) is 15.8 Å². The van der Waals surface area contributed by atoms with Gasteiger partial charge in [0, 0.05) is 18.5 Å². The predicted molar refractivity (Wildman–Crippen MR) is 91.9 cm³/mol. The van der Waals surface area contributed by atoms with Crippen molar-refractivity contribution < 1.29 is 42.1 Å². The Kier molecular flexibility index (Phi) is 5.33. The van der Waals surface area contributed by atoms with Gasteiger partial charge in [-0.1, -0.05) is 0 Å². The van der Waals surface area contributed by atoms with E-state index in [1.54, 1.807) is 7.05 Å². The van der Waals surface area contributed by atoms with Crippen molar-refractivity contribution in [1.29, 1.82) is 0 Å². The summed E-state index contributed by atoms with van der Waals surface area (Å²) in [6.45, 7) is 0. The zero-order valence-electron chi connectivity index (χ0n) is 15.4. The van der Waals surface area contributed by atoms with Crippen molar-refractivity contribution in [3.8, 4) is 5.75 Å². The molecule has 2 N–H and O–H groups in total. The summed E-state index contributed by atoms with van der Waals surface area (Å²) in [5.74, 6) is -4.36. The van der Waals surface area contributed by atoms with Crippen LogP contribution in [-0.4, -0.2) is 51.8 Å². The summed E-state index contributed by atoms with van der Waals surface area (Å²) in [7, 11) is 1.70. The van der Waals surface area contributed by atoms with Gasteiger partial charge in [0.25, 0.3) is 0 Å². The average Bonchev–Trinajstić information content (AvgIpc) is 2.79. The molecule has 2 bridgehead atoms. The van der Waals surface area contributed by atoms with Gasteiger partial charge in [0.05, 0.1) is 16.7 Å². The lowest BCUT2D eigenvalue weighted by Crippen LogP contribution is -2.55. The van der Waals surface area contributed by atoms with E-state index in [2.05, 4.69) is 0 Å². The third kappa shape index (κ3) is 3.93. The van der Waals surface area contributed by atoms with Crippen molar-refractivity contribution in [1.82, 2.24) is 4.90 Å². The molecular weight excluding hydrogens is 398 g/mol. The number of carbonyl (C=O) groups is 2. The Morgan fingerprint density at radius 3 is 2.59 bits per heavy atom. The van der Waals surface area contributed by atoms with Crippen LogP contribution in [0.25, 0.3) is 0 Å². The van der Waals surface area contributed by atoms with E-state index in [9.17, 15) is 32.3 Å². The van der Waals surface area contributed by atoms with Gasteiger partial charge in [-0.3, -0.25) is 4.90 Å². The summed E-state index contributed by atoms with van der Waals surface area (Å²) in [6.07, 6.45) is -3.38. The highest BCUT2D eigenvalue weighted by Gasteiger charge is 2.54. The monoisotopic (exact) mass is 417 g/mol.